The molecule has 0 saturated heterocycles. The lowest BCUT2D eigenvalue weighted by Gasteiger charge is -2.21. The zero-order chi connectivity index (χ0) is 13.2. The summed E-state index contributed by atoms with van der Waals surface area (Å²) in [5.41, 5.74) is 0.705. The summed E-state index contributed by atoms with van der Waals surface area (Å²) in [7, 11) is 0. The van der Waals surface area contributed by atoms with Crippen molar-refractivity contribution in [3.8, 4) is 0 Å². The highest BCUT2D eigenvalue weighted by Crippen LogP contribution is 2.30. The van der Waals surface area contributed by atoms with Crippen LogP contribution in [0, 0.1) is 5.41 Å². The van der Waals surface area contributed by atoms with Gasteiger partial charge in [-0.15, -0.1) is 0 Å². The van der Waals surface area contributed by atoms with E-state index in [9.17, 15) is 4.79 Å². The van der Waals surface area contributed by atoms with E-state index < -0.39 is 0 Å². The SMILES string of the molecule is CC(C)(C)C(=O)C(Br)Cc1cccc(Cl)c1Br. The number of rotatable bonds is 3. The highest BCUT2D eigenvalue weighted by Gasteiger charge is 2.28. The third kappa shape index (κ3) is 4.08. The molecule has 0 spiro atoms. The van der Waals surface area contributed by atoms with Gasteiger partial charge >= 0.3 is 0 Å². The second-order valence-corrected chi connectivity index (χ2v) is 7.30. The van der Waals surface area contributed by atoms with Gasteiger partial charge in [-0.3, -0.25) is 4.79 Å². The Morgan fingerprint density at radius 2 is 2.00 bits per heavy atom. The van der Waals surface area contributed by atoms with Crippen LogP contribution in [0.2, 0.25) is 5.02 Å². The third-order valence-electron chi connectivity index (χ3n) is 2.45. The molecule has 0 saturated carbocycles. The minimum absolute atomic E-state index is 0.183. The van der Waals surface area contributed by atoms with Gasteiger partial charge in [-0.2, -0.15) is 0 Å². The van der Waals surface area contributed by atoms with Crippen LogP contribution in [0.1, 0.15) is 26.3 Å². The number of benzene rings is 1. The molecule has 1 unspecified atom stereocenters. The van der Waals surface area contributed by atoms with Crippen LogP contribution in [-0.4, -0.2) is 10.6 Å². The summed E-state index contributed by atoms with van der Waals surface area (Å²) in [4.78, 5) is 11.9. The van der Waals surface area contributed by atoms with E-state index in [1.54, 1.807) is 0 Å². The highest BCUT2D eigenvalue weighted by atomic mass is 79.9. The van der Waals surface area contributed by atoms with Gasteiger partial charge in [0.25, 0.3) is 0 Å². The summed E-state index contributed by atoms with van der Waals surface area (Å²) >= 11 is 12.9. The fourth-order valence-corrected chi connectivity index (χ4v) is 3.12. The number of carbonyl (C=O) groups excluding carboxylic acids is 1. The first kappa shape index (κ1) is 15.2. The van der Waals surface area contributed by atoms with Gasteiger partial charge in [-0.05, 0) is 34.0 Å². The number of Topliss-reactive ketones (excluding diaryl/α,β-unsaturated/α-hetero) is 1. The number of alkyl halides is 1. The lowest BCUT2D eigenvalue weighted by atomic mass is 9.87. The molecule has 1 aromatic carbocycles. The Kier molecular flexibility index (Phi) is 5.23. The predicted molar refractivity (Wildman–Crippen MR) is 80.0 cm³/mol. The lowest BCUT2D eigenvalue weighted by Crippen LogP contribution is -2.30. The van der Waals surface area contributed by atoms with Crippen LogP contribution in [0.15, 0.2) is 22.7 Å². The summed E-state index contributed by atoms with van der Waals surface area (Å²) < 4.78 is 0.868. The highest BCUT2D eigenvalue weighted by molar-refractivity contribution is 9.10. The number of hydrogen-bond acceptors (Lipinski definition) is 1. The standard InChI is InChI=1S/C13H15Br2ClO/c1-13(2,3)12(17)9(14)7-8-5-4-6-10(16)11(8)15/h4-6,9H,7H2,1-3H3. The van der Waals surface area contributed by atoms with Crippen molar-refractivity contribution in [1.29, 1.82) is 0 Å². The number of carbonyl (C=O) groups is 1. The fraction of sp³-hybridized carbons (Fsp3) is 0.462. The molecular formula is C13H15Br2ClO. The second-order valence-electron chi connectivity index (χ2n) is 5.00. The smallest absolute Gasteiger partial charge is 0.152 e. The van der Waals surface area contributed by atoms with Crippen molar-refractivity contribution in [1.82, 2.24) is 0 Å². The van der Waals surface area contributed by atoms with Crippen LogP contribution in [0.5, 0.6) is 0 Å². The van der Waals surface area contributed by atoms with Gasteiger partial charge in [0.1, 0.15) is 0 Å². The van der Waals surface area contributed by atoms with Gasteiger partial charge in [0, 0.05) is 9.89 Å². The molecule has 0 amide bonds. The van der Waals surface area contributed by atoms with Crippen LogP contribution >= 0.6 is 43.5 Å². The minimum atomic E-state index is -0.334. The number of hydrogen-bond donors (Lipinski definition) is 0. The Labute approximate surface area is 124 Å². The van der Waals surface area contributed by atoms with Crippen molar-refractivity contribution in [3.05, 3.63) is 33.3 Å². The second kappa shape index (κ2) is 5.85. The van der Waals surface area contributed by atoms with E-state index in [2.05, 4.69) is 31.9 Å². The molecule has 4 heteroatoms. The Morgan fingerprint density at radius 1 is 1.41 bits per heavy atom. The predicted octanol–water partition coefficient (Wildman–Crippen LogP) is 5.02. The van der Waals surface area contributed by atoms with E-state index in [4.69, 9.17) is 11.6 Å². The minimum Gasteiger partial charge on any atom is -0.298 e. The summed E-state index contributed by atoms with van der Waals surface area (Å²) in [6.45, 7) is 5.78. The Hall–Kier alpha value is 0.140. The first-order valence-corrected chi connectivity index (χ1v) is 7.43. The Bertz CT molecular complexity index is 424. The van der Waals surface area contributed by atoms with Gasteiger partial charge in [0.15, 0.2) is 5.78 Å². The molecule has 0 aliphatic heterocycles. The third-order valence-corrected chi connectivity index (χ3v) is 4.67. The van der Waals surface area contributed by atoms with Crippen LogP contribution in [0.25, 0.3) is 0 Å². The van der Waals surface area contributed by atoms with Crippen molar-refractivity contribution in [3.63, 3.8) is 0 Å². The zero-order valence-electron chi connectivity index (χ0n) is 10.1. The van der Waals surface area contributed by atoms with Crippen LogP contribution in [0.4, 0.5) is 0 Å². The first-order valence-electron chi connectivity index (χ1n) is 5.34. The van der Waals surface area contributed by atoms with E-state index in [1.165, 1.54) is 0 Å². The molecule has 0 fully saturated rings. The van der Waals surface area contributed by atoms with Gasteiger partial charge in [0.05, 0.1) is 9.85 Å². The van der Waals surface area contributed by atoms with E-state index >= 15 is 0 Å². The molecule has 0 N–H and O–H groups in total. The summed E-state index contributed by atoms with van der Waals surface area (Å²) in [6.07, 6.45) is 0.636. The van der Waals surface area contributed by atoms with Crippen LogP contribution in [-0.2, 0) is 11.2 Å². The van der Waals surface area contributed by atoms with Gasteiger partial charge in [-0.25, -0.2) is 0 Å². The molecule has 0 heterocycles. The molecule has 0 bridgehead atoms. The summed E-state index contributed by atoms with van der Waals surface area (Å²) in [6, 6.07) is 5.69. The first-order chi connectivity index (χ1) is 7.73. The van der Waals surface area contributed by atoms with Crippen molar-refractivity contribution in [2.45, 2.75) is 32.0 Å². The van der Waals surface area contributed by atoms with E-state index in [0.29, 0.717) is 11.4 Å². The maximum absolute atomic E-state index is 12.1. The molecule has 94 valence electrons. The maximum atomic E-state index is 12.1. The lowest BCUT2D eigenvalue weighted by molar-refractivity contribution is -0.125. The zero-order valence-corrected chi connectivity index (χ0v) is 14.0. The monoisotopic (exact) mass is 380 g/mol. The molecule has 0 aromatic heterocycles. The molecule has 1 rings (SSSR count). The fourth-order valence-electron chi connectivity index (χ4n) is 1.46. The van der Waals surface area contributed by atoms with E-state index in [-0.39, 0.29) is 16.0 Å². The Morgan fingerprint density at radius 3 is 2.53 bits per heavy atom. The maximum Gasteiger partial charge on any atom is 0.152 e. The van der Waals surface area contributed by atoms with Gasteiger partial charge in [-0.1, -0.05) is 60.4 Å². The van der Waals surface area contributed by atoms with Crippen LogP contribution in [0.3, 0.4) is 0 Å². The average Bonchev–Trinajstić information content (AvgIpc) is 2.22. The van der Waals surface area contributed by atoms with Crippen molar-refractivity contribution >= 4 is 49.2 Å². The quantitative estimate of drug-likeness (QED) is 0.671. The molecule has 17 heavy (non-hydrogen) atoms. The molecule has 1 nitrogen and oxygen atoms in total. The van der Waals surface area contributed by atoms with E-state index in [1.807, 2.05) is 39.0 Å². The van der Waals surface area contributed by atoms with Gasteiger partial charge < -0.3 is 0 Å². The molecule has 0 aliphatic carbocycles. The number of ketones is 1. The normalized spacial score (nSPS) is 13.5. The molecule has 1 atom stereocenters. The molecule has 0 aliphatic rings. The largest absolute Gasteiger partial charge is 0.298 e. The van der Waals surface area contributed by atoms with Crippen molar-refractivity contribution in [2.75, 3.05) is 0 Å². The summed E-state index contributed by atoms with van der Waals surface area (Å²) in [5, 5.41) is 0.672. The summed E-state index contributed by atoms with van der Waals surface area (Å²) in [5.74, 6) is 0.198. The van der Waals surface area contributed by atoms with E-state index in [0.717, 1.165) is 10.0 Å². The van der Waals surface area contributed by atoms with Gasteiger partial charge in [0.2, 0.25) is 0 Å². The number of halogens is 3. The Balaban J connectivity index is 2.85. The average molecular weight is 383 g/mol. The van der Waals surface area contributed by atoms with Crippen molar-refractivity contribution < 1.29 is 4.79 Å². The van der Waals surface area contributed by atoms with Crippen LogP contribution < -0.4 is 0 Å². The van der Waals surface area contributed by atoms with Crippen molar-refractivity contribution in [2.24, 2.45) is 5.41 Å². The topological polar surface area (TPSA) is 17.1 Å². The molecular weight excluding hydrogens is 367 g/mol. The molecule has 1 aromatic rings. The molecule has 0 radical (unpaired) electrons.